The molecule has 3 N–H and O–H groups in total. The molecule has 5 nitrogen and oxygen atoms in total. The quantitative estimate of drug-likeness (QED) is 0.417. The molecule has 0 aromatic carbocycles. The molecule has 13 heavy (non-hydrogen) atoms. The van der Waals surface area contributed by atoms with E-state index in [9.17, 15) is 0 Å². The summed E-state index contributed by atoms with van der Waals surface area (Å²) in [6.07, 6.45) is 0. The number of hydrogen-bond donors (Lipinski definition) is 3. The SMILES string of the molecule is C[N+](C)(C)CCO.O=C(O)CO.[Cl-]. The van der Waals surface area contributed by atoms with Gasteiger partial charge in [-0.15, -0.1) is 0 Å². The van der Waals surface area contributed by atoms with E-state index in [-0.39, 0.29) is 19.0 Å². The molecular formula is C7H18ClNO4. The number of carbonyl (C=O) groups is 1. The molecule has 0 fully saturated rings. The van der Waals surface area contributed by atoms with E-state index in [1.54, 1.807) is 0 Å². The third kappa shape index (κ3) is 34.0. The van der Waals surface area contributed by atoms with Gasteiger partial charge in [0.2, 0.25) is 0 Å². The number of hydrogen-bond acceptors (Lipinski definition) is 3. The lowest BCUT2D eigenvalue weighted by Crippen LogP contribution is -3.00. The average molecular weight is 216 g/mol. The Morgan fingerprint density at radius 2 is 1.54 bits per heavy atom. The Balaban J connectivity index is -0.000000150. The molecule has 0 unspecified atom stereocenters. The van der Waals surface area contributed by atoms with Gasteiger partial charge in [0.15, 0.2) is 0 Å². The molecule has 0 aromatic rings. The monoisotopic (exact) mass is 215 g/mol. The van der Waals surface area contributed by atoms with E-state index in [0.717, 1.165) is 11.0 Å². The van der Waals surface area contributed by atoms with Crippen LogP contribution in [0.3, 0.4) is 0 Å². The molecule has 0 saturated carbocycles. The van der Waals surface area contributed by atoms with Crippen LogP contribution in [0.1, 0.15) is 0 Å². The Morgan fingerprint density at radius 1 is 1.23 bits per heavy atom. The molecule has 0 spiro atoms. The van der Waals surface area contributed by atoms with Gasteiger partial charge >= 0.3 is 5.97 Å². The lowest BCUT2D eigenvalue weighted by Gasteiger charge is -2.21. The first kappa shape index (κ1) is 18.4. The summed E-state index contributed by atoms with van der Waals surface area (Å²) in [5.74, 6) is -1.19. The minimum atomic E-state index is -1.19. The summed E-state index contributed by atoms with van der Waals surface area (Å²) in [6, 6.07) is 0. The van der Waals surface area contributed by atoms with Gasteiger partial charge in [-0.25, -0.2) is 4.79 Å². The molecule has 0 aliphatic carbocycles. The topological polar surface area (TPSA) is 77.8 Å². The Morgan fingerprint density at radius 3 is 1.54 bits per heavy atom. The number of likely N-dealkylation sites (N-methyl/N-ethyl adjacent to an activating group) is 1. The second kappa shape index (κ2) is 9.73. The summed E-state index contributed by atoms with van der Waals surface area (Å²) < 4.78 is 0.844. The van der Waals surface area contributed by atoms with E-state index < -0.39 is 12.6 Å². The zero-order chi connectivity index (χ0) is 10.2. The van der Waals surface area contributed by atoms with Crippen molar-refractivity contribution in [2.24, 2.45) is 0 Å². The smallest absolute Gasteiger partial charge is 0.329 e. The van der Waals surface area contributed by atoms with Gasteiger partial charge < -0.3 is 32.2 Å². The number of carboxylic acid groups (broad SMARTS) is 1. The minimum Gasteiger partial charge on any atom is -1.00 e. The first-order valence-electron chi connectivity index (χ1n) is 3.57. The van der Waals surface area contributed by atoms with Crippen molar-refractivity contribution >= 4 is 5.97 Å². The predicted molar refractivity (Wildman–Crippen MR) is 44.7 cm³/mol. The van der Waals surface area contributed by atoms with Gasteiger partial charge in [-0.1, -0.05) is 0 Å². The van der Waals surface area contributed by atoms with Gasteiger partial charge in [0.05, 0.1) is 27.7 Å². The van der Waals surface area contributed by atoms with Crippen LogP contribution in [0.5, 0.6) is 0 Å². The summed E-state index contributed by atoms with van der Waals surface area (Å²) in [5, 5.41) is 23.4. The number of aliphatic hydroxyl groups excluding tert-OH is 2. The van der Waals surface area contributed by atoms with Crippen molar-refractivity contribution in [2.75, 3.05) is 40.9 Å². The van der Waals surface area contributed by atoms with Gasteiger partial charge in [-0.2, -0.15) is 0 Å². The number of aliphatic carboxylic acids is 1. The highest BCUT2D eigenvalue weighted by Gasteiger charge is 2.02. The number of rotatable bonds is 3. The fraction of sp³-hybridized carbons (Fsp3) is 0.857. The summed E-state index contributed by atoms with van der Waals surface area (Å²) in [7, 11) is 6.16. The highest BCUT2D eigenvalue weighted by Crippen LogP contribution is 1.84. The van der Waals surface area contributed by atoms with E-state index in [2.05, 4.69) is 21.1 Å². The van der Waals surface area contributed by atoms with Gasteiger partial charge in [-0.05, 0) is 0 Å². The Labute approximate surface area is 84.6 Å². The van der Waals surface area contributed by atoms with Crippen LogP contribution in [-0.4, -0.2) is 66.7 Å². The Bertz CT molecular complexity index is 124. The third-order valence-electron chi connectivity index (χ3n) is 0.906. The molecule has 0 aliphatic rings. The van der Waals surface area contributed by atoms with Crippen LogP contribution in [0.15, 0.2) is 0 Å². The molecule has 0 radical (unpaired) electrons. The second-order valence-electron chi connectivity index (χ2n) is 3.29. The molecule has 0 bridgehead atoms. The molecular weight excluding hydrogens is 198 g/mol. The van der Waals surface area contributed by atoms with Crippen molar-refractivity contribution in [3.63, 3.8) is 0 Å². The van der Waals surface area contributed by atoms with Crippen molar-refractivity contribution in [3.05, 3.63) is 0 Å². The lowest BCUT2D eigenvalue weighted by atomic mass is 10.5. The van der Waals surface area contributed by atoms with Gasteiger partial charge in [0, 0.05) is 0 Å². The van der Waals surface area contributed by atoms with Crippen molar-refractivity contribution < 1.29 is 37.0 Å². The van der Waals surface area contributed by atoms with Crippen molar-refractivity contribution in [3.8, 4) is 0 Å². The Kier molecular flexibility index (Phi) is 13.8. The molecule has 0 aromatic heterocycles. The highest BCUT2D eigenvalue weighted by atomic mass is 35.5. The summed E-state index contributed by atoms with van der Waals surface area (Å²) in [4.78, 5) is 9.12. The molecule has 0 heterocycles. The summed E-state index contributed by atoms with van der Waals surface area (Å²) in [5.41, 5.74) is 0. The van der Waals surface area contributed by atoms with Crippen LogP contribution >= 0.6 is 0 Å². The van der Waals surface area contributed by atoms with E-state index in [4.69, 9.17) is 20.1 Å². The maximum atomic E-state index is 9.12. The van der Waals surface area contributed by atoms with Crippen LogP contribution < -0.4 is 12.4 Å². The normalized spacial score (nSPS) is 9.31. The van der Waals surface area contributed by atoms with Crippen LogP contribution in [0, 0.1) is 0 Å². The number of halogens is 1. The summed E-state index contributed by atoms with van der Waals surface area (Å²) in [6.45, 7) is 0.337. The van der Waals surface area contributed by atoms with E-state index in [1.165, 1.54) is 0 Å². The predicted octanol–water partition coefficient (Wildman–Crippen LogP) is -4.25. The van der Waals surface area contributed by atoms with E-state index in [0.29, 0.717) is 0 Å². The number of aliphatic hydroxyl groups is 2. The molecule has 0 rings (SSSR count). The molecule has 0 saturated heterocycles. The molecule has 6 heteroatoms. The van der Waals surface area contributed by atoms with Crippen LogP contribution in [0.4, 0.5) is 0 Å². The zero-order valence-electron chi connectivity index (χ0n) is 8.20. The largest absolute Gasteiger partial charge is 1.00 e. The van der Waals surface area contributed by atoms with Crippen LogP contribution in [0.25, 0.3) is 0 Å². The highest BCUT2D eigenvalue weighted by molar-refractivity contribution is 5.67. The van der Waals surface area contributed by atoms with Crippen molar-refractivity contribution in [2.45, 2.75) is 0 Å². The third-order valence-corrected chi connectivity index (χ3v) is 0.906. The van der Waals surface area contributed by atoms with Gasteiger partial charge in [-0.3, -0.25) is 0 Å². The zero-order valence-corrected chi connectivity index (χ0v) is 8.95. The maximum absolute atomic E-state index is 9.12. The Hall–Kier alpha value is -0.360. The number of quaternary nitrogens is 1. The molecule has 82 valence electrons. The second-order valence-corrected chi connectivity index (χ2v) is 3.29. The maximum Gasteiger partial charge on any atom is 0.329 e. The molecule has 0 aliphatic heterocycles. The first-order chi connectivity index (χ1) is 5.33. The van der Waals surface area contributed by atoms with Crippen LogP contribution in [0.2, 0.25) is 0 Å². The van der Waals surface area contributed by atoms with Gasteiger partial charge in [0.1, 0.15) is 13.2 Å². The molecule has 0 atom stereocenters. The van der Waals surface area contributed by atoms with Crippen molar-refractivity contribution in [1.29, 1.82) is 0 Å². The number of nitrogens with zero attached hydrogens (tertiary/aromatic N) is 1. The summed E-state index contributed by atoms with van der Waals surface area (Å²) >= 11 is 0. The van der Waals surface area contributed by atoms with Crippen molar-refractivity contribution in [1.82, 2.24) is 0 Å². The van der Waals surface area contributed by atoms with E-state index >= 15 is 0 Å². The van der Waals surface area contributed by atoms with Gasteiger partial charge in [0.25, 0.3) is 0 Å². The average Bonchev–Trinajstić information content (AvgIpc) is 1.86. The standard InChI is InChI=1S/C5H14NO.C2H4O3.ClH/c1-6(2,3)4-5-7;3-1-2(4)5;/h7H,4-5H2,1-3H3;3H,1H2,(H,4,5);1H/q+1;;/p-1. The first-order valence-corrected chi connectivity index (χ1v) is 3.57. The molecule has 0 amide bonds. The minimum absolute atomic E-state index is 0. The lowest BCUT2D eigenvalue weighted by molar-refractivity contribution is -0.870. The van der Waals surface area contributed by atoms with Crippen LogP contribution in [-0.2, 0) is 4.79 Å². The van der Waals surface area contributed by atoms with E-state index in [1.807, 2.05) is 0 Å². The fourth-order valence-electron chi connectivity index (χ4n) is 0.300. The number of carboxylic acids is 1. The fourth-order valence-corrected chi connectivity index (χ4v) is 0.300.